The van der Waals surface area contributed by atoms with E-state index in [0.717, 1.165) is 15.8 Å². The average Bonchev–Trinajstić information content (AvgIpc) is 2.17. The molecule has 1 aromatic carbocycles. The zero-order valence-electron chi connectivity index (χ0n) is 8.20. The third-order valence-electron chi connectivity index (χ3n) is 1.61. The van der Waals surface area contributed by atoms with E-state index in [1.165, 1.54) is 0 Å². The maximum Gasteiger partial charge on any atom is 0.256 e. The van der Waals surface area contributed by atoms with Crippen LogP contribution < -0.4 is 21.3 Å². The van der Waals surface area contributed by atoms with Crippen LogP contribution in [0.15, 0.2) is 27.8 Å². The van der Waals surface area contributed by atoms with Crippen LogP contribution in [0.1, 0.15) is 5.56 Å². The first-order chi connectivity index (χ1) is 7.13. The number of benzene rings is 1. The zero-order valence-corrected chi connectivity index (χ0v) is 9.78. The van der Waals surface area contributed by atoms with Gasteiger partial charge in [0.05, 0.1) is 12.7 Å². The fourth-order valence-corrected chi connectivity index (χ4v) is 1.37. The lowest BCUT2D eigenvalue weighted by Crippen LogP contribution is -2.63. The highest BCUT2D eigenvalue weighted by Gasteiger charge is 2.03. The Morgan fingerprint density at radius 2 is 2.27 bits per heavy atom. The molecule has 0 heterocycles. The van der Waals surface area contributed by atoms with E-state index in [4.69, 9.17) is 16.2 Å². The molecule has 0 radical (unpaired) electrons. The van der Waals surface area contributed by atoms with E-state index in [9.17, 15) is 0 Å². The van der Waals surface area contributed by atoms with Crippen molar-refractivity contribution in [2.45, 2.75) is 0 Å². The van der Waals surface area contributed by atoms with Crippen molar-refractivity contribution >= 4 is 28.1 Å². The number of nitrogens with two attached hydrogens (primary N) is 2. The highest BCUT2D eigenvalue weighted by Crippen LogP contribution is 2.20. The molecule has 0 saturated carbocycles. The van der Waals surface area contributed by atoms with Crippen molar-refractivity contribution < 1.29 is 9.84 Å². The lowest BCUT2D eigenvalue weighted by molar-refractivity contribution is -0.456. The van der Waals surface area contributed by atoms with Crippen LogP contribution in [0.2, 0.25) is 0 Å². The van der Waals surface area contributed by atoms with Crippen LogP contribution in [0.4, 0.5) is 0 Å². The Balaban J connectivity index is 2.97. The predicted octanol–water partition coefficient (Wildman–Crippen LogP) is -0.854. The van der Waals surface area contributed by atoms with E-state index < -0.39 is 0 Å². The first kappa shape index (κ1) is 11.5. The van der Waals surface area contributed by atoms with Gasteiger partial charge >= 0.3 is 0 Å². The average molecular weight is 272 g/mol. The summed E-state index contributed by atoms with van der Waals surface area (Å²) in [5.74, 6) is 0.705. The topological polar surface area (TPSA) is 87.6 Å². The van der Waals surface area contributed by atoms with E-state index in [1.54, 1.807) is 13.3 Å². The summed E-state index contributed by atoms with van der Waals surface area (Å²) in [6.45, 7) is 0. The highest BCUT2D eigenvalue weighted by atomic mass is 79.9. The third kappa shape index (κ3) is 3.59. The van der Waals surface area contributed by atoms with Crippen LogP contribution in [0.25, 0.3) is 0 Å². The van der Waals surface area contributed by atoms with E-state index in [0.29, 0.717) is 0 Å². The van der Waals surface area contributed by atoms with Gasteiger partial charge in [0.15, 0.2) is 0 Å². The monoisotopic (exact) mass is 271 g/mol. The maximum atomic E-state index is 5.16. The summed E-state index contributed by atoms with van der Waals surface area (Å²) in [5, 5.41) is 6.24. The van der Waals surface area contributed by atoms with E-state index in [1.807, 2.05) is 18.2 Å². The molecule has 5 nitrogen and oxygen atoms in total. The summed E-state index contributed by atoms with van der Waals surface area (Å²) in [5.41, 5.74) is 11.2. The molecule has 0 fully saturated rings. The summed E-state index contributed by atoms with van der Waals surface area (Å²) in [6.07, 6.45) is 1.64. The molecule has 15 heavy (non-hydrogen) atoms. The second-order valence-electron chi connectivity index (χ2n) is 2.70. The Morgan fingerprint density at radius 1 is 1.53 bits per heavy atom. The van der Waals surface area contributed by atoms with Gasteiger partial charge in [0.25, 0.3) is 5.96 Å². The summed E-state index contributed by atoms with van der Waals surface area (Å²) in [6, 6.07) is 5.61. The van der Waals surface area contributed by atoms with E-state index in [-0.39, 0.29) is 5.96 Å². The van der Waals surface area contributed by atoms with Gasteiger partial charge in [0.2, 0.25) is 6.21 Å². The SMILES string of the molecule is COc1ccc(Br)cc1/C=[NH+]\N=C(N)N. The number of halogens is 1. The number of hydrazone groups is 1. The molecule has 80 valence electrons. The molecule has 0 amide bonds. The Hall–Kier alpha value is -1.56. The van der Waals surface area contributed by atoms with Crippen LogP contribution in [-0.4, -0.2) is 19.3 Å². The van der Waals surface area contributed by atoms with Gasteiger partial charge in [-0.2, -0.15) is 0 Å². The number of hydrogen-bond acceptors (Lipinski definition) is 2. The lowest BCUT2D eigenvalue weighted by atomic mass is 10.2. The molecule has 6 heteroatoms. The van der Waals surface area contributed by atoms with Crippen LogP contribution in [0.5, 0.6) is 5.75 Å². The summed E-state index contributed by atoms with van der Waals surface area (Å²) in [7, 11) is 1.60. The minimum Gasteiger partial charge on any atom is -0.496 e. The van der Waals surface area contributed by atoms with Crippen molar-refractivity contribution in [3.8, 4) is 5.75 Å². The van der Waals surface area contributed by atoms with Gasteiger partial charge < -0.3 is 16.2 Å². The maximum absolute atomic E-state index is 5.16. The largest absolute Gasteiger partial charge is 0.496 e. The van der Waals surface area contributed by atoms with Crippen molar-refractivity contribution in [1.82, 2.24) is 0 Å². The molecule has 0 spiro atoms. The number of methoxy groups -OCH3 is 1. The number of rotatable bonds is 3. The molecule has 0 aliphatic carbocycles. The van der Waals surface area contributed by atoms with Gasteiger partial charge in [0.1, 0.15) is 5.75 Å². The van der Waals surface area contributed by atoms with E-state index in [2.05, 4.69) is 26.1 Å². The lowest BCUT2D eigenvalue weighted by Gasteiger charge is -2.01. The second kappa shape index (κ2) is 5.35. The van der Waals surface area contributed by atoms with Gasteiger partial charge in [-0.05, 0) is 18.2 Å². The zero-order chi connectivity index (χ0) is 11.3. The van der Waals surface area contributed by atoms with Crippen molar-refractivity contribution in [2.75, 3.05) is 7.11 Å². The van der Waals surface area contributed by atoms with Crippen molar-refractivity contribution in [1.29, 1.82) is 0 Å². The quantitative estimate of drug-likeness (QED) is 0.380. The summed E-state index contributed by atoms with van der Waals surface area (Å²) >= 11 is 3.36. The fraction of sp³-hybridized carbons (Fsp3) is 0.111. The van der Waals surface area contributed by atoms with Gasteiger partial charge in [-0.3, -0.25) is 0 Å². The Morgan fingerprint density at radius 3 is 2.87 bits per heavy atom. The summed E-state index contributed by atoms with van der Waals surface area (Å²) < 4.78 is 6.10. The fourth-order valence-electron chi connectivity index (χ4n) is 0.994. The smallest absolute Gasteiger partial charge is 0.256 e. The minimum atomic E-state index is -0.0276. The molecule has 0 aliphatic rings. The Bertz CT molecular complexity index is 399. The Kier molecular flexibility index (Phi) is 4.11. The van der Waals surface area contributed by atoms with Crippen LogP contribution >= 0.6 is 15.9 Å². The Labute approximate surface area is 95.9 Å². The molecule has 0 aliphatic heterocycles. The standard InChI is InChI=1S/C9H11BrN4O/c1-15-8-3-2-7(10)4-6(8)5-13-14-9(11)12/h2-5H,1H3,(H4,11,12,14)/p+1/b13-5-. The molecule has 5 N–H and O–H groups in total. The molecule has 0 atom stereocenters. The van der Waals surface area contributed by atoms with Gasteiger partial charge in [-0.15, -0.1) is 5.10 Å². The molecule has 1 aromatic rings. The molecular formula is C9H12BrN4O+. The first-order valence-corrected chi connectivity index (χ1v) is 4.93. The van der Waals surface area contributed by atoms with Crippen LogP contribution in [-0.2, 0) is 0 Å². The predicted molar refractivity (Wildman–Crippen MR) is 62.6 cm³/mol. The number of nitrogens with zero attached hydrogens (tertiary/aromatic N) is 1. The highest BCUT2D eigenvalue weighted by molar-refractivity contribution is 9.10. The number of nitrogens with one attached hydrogen (secondary N) is 1. The molecule has 0 aromatic heterocycles. The number of ether oxygens (including phenoxy) is 1. The van der Waals surface area contributed by atoms with Gasteiger partial charge in [-0.25, -0.2) is 0 Å². The second-order valence-corrected chi connectivity index (χ2v) is 3.61. The summed E-state index contributed by atoms with van der Waals surface area (Å²) in [4.78, 5) is 0. The van der Waals surface area contributed by atoms with Gasteiger partial charge in [0, 0.05) is 9.57 Å². The van der Waals surface area contributed by atoms with Crippen molar-refractivity contribution in [2.24, 2.45) is 16.6 Å². The van der Waals surface area contributed by atoms with Crippen LogP contribution in [0, 0.1) is 0 Å². The molecule has 0 bridgehead atoms. The number of guanidine groups is 1. The normalized spacial score (nSPS) is 10.3. The molecule has 0 saturated heterocycles. The first-order valence-electron chi connectivity index (χ1n) is 4.14. The number of hydrogen-bond donors (Lipinski definition) is 3. The molecular weight excluding hydrogens is 260 g/mol. The molecule has 1 rings (SSSR count). The molecule has 0 unspecified atom stereocenters. The minimum absolute atomic E-state index is 0.0276. The van der Waals surface area contributed by atoms with Gasteiger partial charge in [-0.1, -0.05) is 15.9 Å². The van der Waals surface area contributed by atoms with Crippen LogP contribution in [0.3, 0.4) is 0 Å². The van der Waals surface area contributed by atoms with Crippen molar-refractivity contribution in [3.63, 3.8) is 0 Å². The van der Waals surface area contributed by atoms with E-state index >= 15 is 0 Å². The third-order valence-corrected chi connectivity index (χ3v) is 2.10. The van der Waals surface area contributed by atoms with Crippen molar-refractivity contribution in [3.05, 3.63) is 28.2 Å².